The van der Waals surface area contributed by atoms with Crippen LogP contribution in [0.25, 0.3) is 4.96 Å². The van der Waals surface area contributed by atoms with Crippen LogP contribution in [0, 0.1) is 0 Å². The molecule has 1 N–H and O–H groups in total. The van der Waals surface area contributed by atoms with Crippen molar-refractivity contribution in [2.24, 2.45) is 0 Å². The zero-order valence-electron chi connectivity index (χ0n) is 12.7. The van der Waals surface area contributed by atoms with Crippen molar-refractivity contribution in [3.8, 4) is 0 Å². The molecule has 4 rings (SSSR count). The van der Waals surface area contributed by atoms with Crippen molar-refractivity contribution in [2.75, 3.05) is 0 Å². The summed E-state index contributed by atoms with van der Waals surface area (Å²) in [5.41, 5.74) is 1.02. The number of aromatic nitrogens is 5. The van der Waals surface area contributed by atoms with Crippen LogP contribution < -0.4 is 5.32 Å². The van der Waals surface area contributed by atoms with Crippen molar-refractivity contribution in [3.63, 3.8) is 0 Å². The predicted octanol–water partition coefficient (Wildman–Crippen LogP) is 2.73. The van der Waals surface area contributed by atoms with Crippen molar-refractivity contribution in [3.05, 3.63) is 34.1 Å². The number of aryl methyl sites for hydroxylation is 2. The molecule has 23 heavy (non-hydrogen) atoms. The number of nitrogens with one attached hydrogen (secondary N) is 1. The highest BCUT2D eigenvalue weighted by Crippen LogP contribution is 2.22. The molecule has 9 heteroatoms. The Hall–Kier alpha value is -1.15. The van der Waals surface area contributed by atoms with Gasteiger partial charge in [0.1, 0.15) is 5.82 Å². The largest absolute Gasteiger partial charge is 0.306 e. The molecule has 6 nitrogen and oxygen atoms in total. The van der Waals surface area contributed by atoms with Gasteiger partial charge in [-0.1, -0.05) is 18.5 Å². The van der Waals surface area contributed by atoms with Gasteiger partial charge in [0.15, 0.2) is 15.9 Å². The van der Waals surface area contributed by atoms with Gasteiger partial charge in [-0.15, -0.1) is 23.7 Å². The van der Waals surface area contributed by atoms with Crippen molar-refractivity contribution >= 4 is 40.3 Å². The minimum Gasteiger partial charge on any atom is -0.306 e. The maximum atomic E-state index is 6.24. The molecular formula is C14H18Cl2N6S. The van der Waals surface area contributed by atoms with Crippen LogP contribution in [-0.4, -0.2) is 30.2 Å². The van der Waals surface area contributed by atoms with Crippen LogP contribution in [0.5, 0.6) is 0 Å². The van der Waals surface area contributed by atoms with Gasteiger partial charge in [0, 0.05) is 37.0 Å². The standard InChI is InChI=1S/C14H17ClN6S.ClH/c1-2-11-17-12-4-3-9(8-21(12)19-11)16-7-10-13(15)18-14-20(10)5-6-22-14;/h5-6,9,16H,2-4,7-8H2,1H3;1H. The second-order valence-electron chi connectivity index (χ2n) is 5.50. The first-order chi connectivity index (χ1) is 10.7. The van der Waals surface area contributed by atoms with E-state index >= 15 is 0 Å². The number of imidazole rings is 1. The number of hydrogen-bond acceptors (Lipinski definition) is 5. The monoisotopic (exact) mass is 372 g/mol. The summed E-state index contributed by atoms with van der Waals surface area (Å²) in [6.45, 7) is 3.67. The molecule has 3 aromatic heterocycles. The second-order valence-corrected chi connectivity index (χ2v) is 6.73. The van der Waals surface area contributed by atoms with Crippen molar-refractivity contribution in [1.29, 1.82) is 0 Å². The summed E-state index contributed by atoms with van der Waals surface area (Å²) in [6, 6.07) is 0.388. The molecule has 1 atom stereocenters. The van der Waals surface area contributed by atoms with E-state index in [0.717, 1.165) is 48.1 Å². The van der Waals surface area contributed by atoms with Crippen LogP contribution in [-0.2, 0) is 25.9 Å². The molecule has 0 fully saturated rings. The Morgan fingerprint density at radius 2 is 2.30 bits per heavy atom. The van der Waals surface area contributed by atoms with E-state index in [9.17, 15) is 0 Å². The molecule has 1 aliphatic rings. The lowest BCUT2D eigenvalue weighted by atomic mass is 10.1. The van der Waals surface area contributed by atoms with Crippen LogP contribution in [0.1, 0.15) is 30.7 Å². The summed E-state index contributed by atoms with van der Waals surface area (Å²) in [4.78, 5) is 9.86. The first-order valence-electron chi connectivity index (χ1n) is 7.50. The summed E-state index contributed by atoms with van der Waals surface area (Å²) in [5.74, 6) is 2.05. The molecule has 124 valence electrons. The van der Waals surface area contributed by atoms with E-state index in [1.165, 1.54) is 0 Å². The van der Waals surface area contributed by atoms with E-state index in [2.05, 4.69) is 31.7 Å². The minimum atomic E-state index is 0. The maximum Gasteiger partial charge on any atom is 0.195 e. The SMILES string of the molecule is CCc1nc2n(n1)CC(NCc1c(Cl)nc3sccn13)CC2.Cl. The second kappa shape index (κ2) is 6.76. The summed E-state index contributed by atoms with van der Waals surface area (Å²) in [7, 11) is 0. The van der Waals surface area contributed by atoms with E-state index in [-0.39, 0.29) is 12.4 Å². The van der Waals surface area contributed by atoms with E-state index in [4.69, 9.17) is 11.6 Å². The summed E-state index contributed by atoms with van der Waals surface area (Å²) in [5, 5.41) is 10.7. The summed E-state index contributed by atoms with van der Waals surface area (Å²) in [6.07, 6.45) is 4.95. The average molecular weight is 373 g/mol. The van der Waals surface area contributed by atoms with Gasteiger partial charge in [-0.05, 0) is 6.42 Å². The fourth-order valence-electron chi connectivity index (χ4n) is 2.88. The number of fused-ring (bicyclic) bond motifs is 2. The molecule has 0 amide bonds. The zero-order chi connectivity index (χ0) is 15.1. The highest BCUT2D eigenvalue weighted by atomic mass is 35.5. The van der Waals surface area contributed by atoms with Crippen LogP contribution in [0.2, 0.25) is 5.15 Å². The number of thiazole rings is 1. The molecule has 1 unspecified atom stereocenters. The van der Waals surface area contributed by atoms with Gasteiger partial charge in [-0.3, -0.25) is 4.40 Å². The number of hydrogen-bond donors (Lipinski definition) is 1. The zero-order valence-corrected chi connectivity index (χ0v) is 15.1. The highest BCUT2D eigenvalue weighted by Gasteiger charge is 2.22. The average Bonchev–Trinajstić information content (AvgIpc) is 3.18. The molecule has 1 aliphatic heterocycles. The first kappa shape index (κ1) is 16.7. The topological polar surface area (TPSA) is 60.0 Å². The van der Waals surface area contributed by atoms with Gasteiger partial charge in [-0.25, -0.2) is 14.6 Å². The van der Waals surface area contributed by atoms with Gasteiger partial charge < -0.3 is 5.32 Å². The Morgan fingerprint density at radius 3 is 3.13 bits per heavy atom. The molecule has 0 radical (unpaired) electrons. The normalized spacial score (nSPS) is 17.2. The van der Waals surface area contributed by atoms with Gasteiger partial charge in [0.25, 0.3) is 0 Å². The lowest BCUT2D eigenvalue weighted by Crippen LogP contribution is -2.37. The third kappa shape index (κ3) is 3.10. The minimum absolute atomic E-state index is 0. The summed E-state index contributed by atoms with van der Waals surface area (Å²) >= 11 is 7.83. The smallest absolute Gasteiger partial charge is 0.195 e. The van der Waals surface area contributed by atoms with Crippen molar-refractivity contribution in [2.45, 2.75) is 45.3 Å². The van der Waals surface area contributed by atoms with Gasteiger partial charge >= 0.3 is 0 Å². The van der Waals surface area contributed by atoms with Gasteiger partial charge in [0.2, 0.25) is 0 Å². The van der Waals surface area contributed by atoms with Crippen LogP contribution in [0.4, 0.5) is 0 Å². The van der Waals surface area contributed by atoms with E-state index in [1.807, 2.05) is 16.3 Å². The van der Waals surface area contributed by atoms with E-state index in [0.29, 0.717) is 17.7 Å². The summed E-state index contributed by atoms with van der Waals surface area (Å²) < 4.78 is 4.09. The molecule has 0 saturated carbocycles. The van der Waals surface area contributed by atoms with Gasteiger partial charge in [-0.2, -0.15) is 5.10 Å². The quantitative estimate of drug-likeness (QED) is 0.764. The van der Waals surface area contributed by atoms with E-state index in [1.54, 1.807) is 11.3 Å². The molecule has 0 spiro atoms. The maximum absolute atomic E-state index is 6.24. The fraction of sp³-hybridized carbons (Fsp3) is 0.500. The van der Waals surface area contributed by atoms with E-state index < -0.39 is 0 Å². The van der Waals surface area contributed by atoms with Crippen LogP contribution in [0.3, 0.4) is 0 Å². The van der Waals surface area contributed by atoms with Crippen LogP contribution in [0.15, 0.2) is 11.6 Å². The Labute approximate surface area is 149 Å². The molecule has 3 aromatic rings. The Balaban J connectivity index is 0.00000156. The van der Waals surface area contributed by atoms with Crippen molar-refractivity contribution in [1.82, 2.24) is 29.5 Å². The van der Waals surface area contributed by atoms with Crippen LogP contribution >= 0.6 is 35.3 Å². The Morgan fingerprint density at radius 1 is 1.43 bits per heavy atom. The van der Waals surface area contributed by atoms with Gasteiger partial charge in [0.05, 0.1) is 12.2 Å². The molecule has 0 saturated heterocycles. The Kier molecular flexibility index (Phi) is 4.91. The molecule has 0 aromatic carbocycles. The Bertz CT molecular complexity index is 808. The first-order valence-corrected chi connectivity index (χ1v) is 8.76. The molecule has 0 bridgehead atoms. The highest BCUT2D eigenvalue weighted by molar-refractivity contribution is 7.15. The lowest BCUT2D eigenvalue weighted by molar-refractivity contribution is 0.356. The molecule has 4 heterocycles. The fourth-order valence-corrected chi connectivity index (χ4v) is 3.90. The lowest BCUT2D eigenvalue weighted by Gasteiger charge is -2.23. The third-order valence-electron chi connectivity index (χ3n) is 4.09. The third-order valence-corrected chi connectivity index (χ3v) is 5.15. The molecular weight excluding hydrogens is 355 g/mol. The number of nitrogens with zero attached hydrogens (tertiary/aromatic N) is 5. The number of rotatable bonds is 4. The van der Waals surface area contributed by atoms with Crippen molar-refractivity contribution < 1.29 is 0 Å². The number of halogens is 2. The predicted molar refractivity (Wildman–Crippen MR) is 93.7 cm³/mol. The molecule has 0 aliphatic carbocycles.